The summed E-state index contributed by atoms with van der Waals surface area (Å²) in [7, 11) is 1.68. The highest BCUT2D eigenvalue weighted by molar-refractivity contribution is 5.97. The smallest absolute Gasteiger partial charge is 0.253 e. The van der Waals surface area contributed by atoms with Crippen LogP contribution in [0.25, 0.3) is 27.9 Å². The summed E-state index contributed by atoms with van der Waals surface area (Å²) >= 11 is 0. The SMILES string of the molecule is COC1CCC[C@H]1NC(=O)c1ccc(COc2nn3c(-c4cc(C)on4)nnc3c3ccccc23)nc1. The zero-order chi connectivity index (χ0) is 25.4. The number of carbonyl (C=O) groups excluding carboxylic acids is 1. The van der Waals surface area contributed by atoms with Crippen LogP contribution >= 0.6 is 0 Å². The molecular formula is C26H25N7O4. The van der Waals surface area contributed by atoms with E-state index in [2.05, 4.69) is 30.8 Å². The number of rotatable bonds is 7. The summed E-state index contributed by atoms with van der Waals surface area (Å²) in [6.07, 6.45) is 4.54. The number of hydrogen-bond donors (Lipinski definition) is 1. The van der Waals surface area contributed by atoms with E-state index in [0.29, 0.717) is 40.1 Å². The first-order valence-corrected chi connectivity index (χ1v) is 12.1. The molecule has 1 N–H and O–H groups in total. The average Bonchev–Trinajstić information content (AvgIpc) is 3.67. The van der Waals surface area contributed by atoms with Crippen molar-refractivity contribution in [2.75, 3.05) is 7.11 Å². The molecule has 5 aromatic rings. The van der Waals surface area contributed by atoms with Crippen molar-refractivity contribution in [1.29, 1.82) is 0 Å². The fourth-order valence-electron chi connectivity index (χ4n) is 4.70. The Balaban J connectivity index is 1.23. The van der Waals surface area contributed by atoms with Gasteiger partial charge in [-0.15, -0.1) is 15.3 Å². The maximum Gasteiger partial charge on any atom is 0.253 e. The average molecular weight is 500 g/mol. The minimum Gasteiger partial charge on any atom is -0.470 e. The van der Waals surface area contributed by atoms with Gasteiger partial charge in [0.15, 0.2) is 11.3 Å². The molecule has 11 heteroatoms. The zero-order valence-corrected chi connectivity index (χ0v) is 20.4. The first-order valence-electron chi connectivity index (χ1n) is 12.1. The quantitative estimate of drug-likeness (QED) is 0.357. The molecule has 1 aliphatic rings. The van der Waals surface area contributed by atoms with Gasteiger partial charge < -0.3 is 19.3 Å². The van der Waals surface area contributed by atoms with Gasteiger partial charge in [-0.1, -0.05) is 23.4 Å². The van der Waals surface area contributed by atoms with Gasteiger partial charge in [0.1, 0.15) is 12.4 Å². The van der Waals surface area contributed by atoms with E-state index in [0.717, 1.165) is 30.0 Å². The van der Waals surface area contributed by atoms with Crippen molar-refractivity contribution in [3.63, 3.8) is 0 Å². The highest BCUT2D eigenvalue weighted by atomic mass is 16.5. The van der Waals surface area contributed by atoms with Gasteiger partial charge in [0.05, 0.1) is 23.4 Å². The topological polar surface area (TPSA) is 130 Å². The molecule has 1 amide bonds. The third-order valence-electron chi connectivity index (χ3n) is 6.60. The third-order valence-corrected chi connectivity index (χ3v) is 6.60. The van der Waals surface area contributed by atoms with E-state index >= 15 is 0 Å². The number of hydrogen-bond acceptors (Lipinski definition) is 9. The fraction of sp³-hybridized carbons (Fsp3) is 0.308. The van der Waals surface area contributed by atoms with Crippen LogP contribution < -0.4 is 10.1 Å². The maximum absolute atomic E-state index is 12.7. The van der Waals surface area contributed by atoms with Crippen LogP contribution in [0.4, 0.5) is 0 Å². The van der Waals surface area contributed by atoms with Crippen molar-refractivity contribution in [2.45, 2.75) is 44.9 Å². The summed E-state index contributed by atoms with van der Waals surface area (Å²) < 4.78 is 18.4. The first kappa shape index (κ1) is 23.0. The van der Waals surface area contributed by atoms with Crippen LogP contribution in [-0.4, -0.2) is 55.1 Å². The molecule has 1 saturated carbocycles. The number of methoxy groups -OCH3 is 1. The van der Waals surface area contributed by atoms with Gasteiger partial charge in [-0.2, -0.15) is 4.52 Å². The monoisotopic (exact) mass is 499 g/mol. The second kappa shape index (κ2) is 9.58. The largest absolute Gasteiger partial charge is 0.470 e. The van der Waals surface area contributed by atoms with E-state index in [1.54, 1.807) is 36.0 Å². The number of carbonyl (C=O) groups is 1. The first-order chi connectivity index (χ1) is 18.1. The Hall–Kier alpha value is -4.38. The Morgan fingerprint density at radius 2 is 2.03 bits per heavy atom. The van der Waals surface area contributed by atoms with Crippen LogP contribution in [0.2, 0.25) is 0 Å². The van der Waals surface area contributed by atoms with Crippen molar-refractivity contribution in [2.24, 2.45) is 0 Å². The predicted octanol–water partition coefficient (Wildman–Crippen LogP) is 3.51. The van der Waals surface area contributed by atoms with Crippen molar-refractivity contribution in [1.82, 2.24) is 35.3 Å². The van der Waals surface area contributed by atoms with Crippen molar-refractivity contribution in [3.8, 4) is 17.4 Å². The molecule has 0 spiro atoms. The lowest BCUT2D eigenvalue weighted by molar-refractivity contribution is 0.0722. The van der Waals surface area contributed by atoms with E-state index in [-0.39, 0.29) is 24.7 Å². The number of benzene rings is 1. The molecule has 0 aliphatic heterocycles. The van der Waals surface area contributed by atoms with Crippen molar-refractivity contribution in [3.05, 3.63) is 65.7 Å². The van der Waals surface area contributed by atoms with Crippen LogP contribution in [0.1, 0.15) is 41.1 Å². The van der Waals surface area contributed by atoms with Crippen LogP contribution in [0.3, 0.4) is 0 Å². The lowest BCUT2D eigenvalue weighted by Crippen LogP contribution is -2.40. The molecule has 0 bridgehead atoms. The summed E-state index contributed by atoms with van der Waals surface area (Å²) in [5.41, 5.74) is 2.27. The van der Waals surface area contributed by atoms with E-state index in [4.69, 9.17) is 14.0 Å². The Kier molecular flexibility index (Phi) is 5.97. The highest BCUT2D eigenvalue weighted by Gasteiger charge is 2.28. The Bertz CT molecular complexity index is 1580. The molecule has 0 radical (unpaired) electrons. The lowest BCUT2D eigenvalue weighted by Gasteiger charge is -2.19. The maximum atomic E-state index is 12.7. The Morgan fingerprint density at radius 3 is 2.78 bits per heavy atom. The van der Waals surface area contributed by atoms with E-state index in [1.807, 2.05) is 31.2 Å². The summed E-state index contributed by atoms with van der Waals surface area (Å²) in [4.78, 5) is 17.1. The molecule has 1 aliphatic carbocycles. The van der Waals surface area contributed by atoms with Crippen LogP contribution in [0.5, 0.6) is 5.88 Å². The third kappa shape index (κ3) is 4.38. The Labute approximate surface area is 211 Å². The van der Waals surface area contributed by atoms with Crippen molar-refractivity contribution >= 4 is 22.3 Å². The molecule has 1 aromatic carbocycles. The minimum absolute atomic E-state index is 0.0264. The zero-order valence-electron chi connectivity index (χ0n) is 20.4. The molecule has 37 heavy (non-hydrogen) atoms. The molecular weight excluding hydrogens is 474 g/mol. The molecule has 1 fully saturated rings. The summed E-state index contributed by atoms with van der Waals surface area (Å²) in [6.45, 7) is 1.98. The van der Waals surface area contributed by atoms with Crippen LogP contribution in [0.15, 0.2) is 53.2 Å². The number of ether oxygens (including phenoxy) is 2. The molecule has 0 saturated heterocycles. The second-order valence-corrected chi connectivity index (χ2v) is 9.04. The Morgan fingerprint density at radius 1 is 1.16 bits per heavy atom. The second-order valence-electron chi connectivity index (χ2n) is 9.04. The minimum atomic E-state index is -0.157. The number of pyridine rings is 1. The fourth-order valence-corrected chi connectivity index (χ4v) is 4.70. The van der Waals surface area contributed by atoms with Crippen LogP contribution in [-0.2, 0) is 11.3 Å². The van der Waals surface area contributed by atoms with Gasteiger partial charge in [0.2, 0.25) is 11.7 Å². The van der Waals surface area contributed by atoms with E-state index < -0.39 is 0 Å². The molecule has 6 rings (SSSR count). The molecule has 4 heterocycles. The highest BCUT2D eigenvalue weighted by Crippen LogP contribution is 2.29. The number of fused-ring (bicyclic) bond motifs is 3. The van der Waals surface area contributed by atoms with Gasteiger partial charge in [-0.25, -0.2) is 0 Å². The number of aromatic nitrogens is 6. The van der Waals surface area contributed by atoms with Gasteiger partial charge in [-0.3, -0.25) is 9.78 Å². The summed E-state index contributed by atoms with van der Waals surface area (Å²) in [6, 6.07) is 13.0. The molecule has 2 atom stereocenters. The number of aryl methyl sites for hydroxylation is 1. The lowest BCUT2D eigenvalue weighted by atomic mass is 10.2. The molecule has 188 valence electrons. The van der Waals surface area contributed by atoms with E-state index in [1.165, 1.54) is 0 Å². The van der Waals surface area contributed by atoms with Gasteiger partial charge >= 0.3 is 0 Å². The van der Waals surface area contributed by atoms with Gasteiger partial charge in [-0.05, 0) is 44.4 Å². The summed E-state index contributed by atoms with van der Waals surface area (Å²) in [5.74, 6) is 1.36. The van der Waals surface area contributed by atoms with Crippen LogP contribution in [0, 0.1) is 6.92 Å². The standard InChI is InChI=1S/C26H25N7O4/c1-15-12-21(32-37-15)24-30-29-23-18-6-3-4-7-19(18)26(31-33(23)24)36-14-17-11-10-16(13-27-17)25(34)28-20-8-5-9-22(20)35-2/h3-4,6-7,10-13,20,22H,5,8-9,14H2,1-2H3,(H,28,34)/t20-,22?/m1/s1. The summed E-state index contributed by atoms with van der Waals surface area (Å²) in [5, 5.41) is 22.0. The van der Waals surface area contributed by atoms with Gasteiger partial charge in [0.25, 0.3) is 5.91 Å². The number of nitrogens with zero attached hydrogens (tertiary/aromatic N) is 6. The van der Waals surface area contributed by atoms with Crippen molar-refractivity contribution < 1.29 is 18.8 Å². The molecule has 11 nitrogen and oxygen atoms in total. The molecule has 4 aromatic heterocycles. The number of amides is 1. The number of nitrogens with one attached hydrogen (secondary N) is 1. The van der Waals surface area contributed by atoms with Gasteiger partial charge in [0, 0.05) is 30.1 Å². The molecule has 1 unspecified atom stereocenters. The normalized spacial score (nSPS) is 17.5. The predicted molar refractivity (Wildman–Crippen MR) is 133 cm³/mol. The van der Waals surface area contributed by atoms with E-state index in [9.17, 15) is 4.79 Å².